The lowest BCUT2D eigenvalue weighted by atomic mass is 10.5. The summed E-state index contributed by atoms with van der Waals surface area (Å²) in [6.45, 7) is 5.93. The van der Waals surface area contributed by atoms with E-state index in [9.17, 15) is 9.59 Å². The van der Waals surface area contributed by atoms with E-state index in [4.69, 9.17) is 9.84 Å². The van der Waals surface area contributed by atoms with Gasteiger partial charge in [0.2, 0.25) is 0 Å². The number of ether oxygens (including phenoxy) is 1. The average molecular weight is 190 g/mol. The lowest BCUT2D eigenvalue weighted by Crippen LogP contribution is -2.02. The van der Waals surface area contributed by atoms with Crippen LogP contribution in [0.4, 0.5) is 0 Å². The Hall–Kier alpha value is -1.06. The first-order chi connectivity index (χ1) is 6.08. The Labute approximate surface area is 78.9 Å². The number of carboxylic acid groups (broad SMARTS) is 1. The molecule has 1 N–H and O–H groups in total. The molecule has 0 aromatic heterocycles. The SMILES string of the molecule is CCC(=O)O.CCCOC(=O)CC. The zero-order valence-corrected chi connectivity index (χ0v) is 8.50. The molecule has 0 saturated carbocycles. The van der Waals surface area contributed by atoms with Crippen LogP contribution in [0.5, 0.6) is 0 Å². The summed E-state index contributed by atoms with van der Waals surface area (Å²) < 4.78 is 4.70. The van der Waals surface area contributed by atoms with Crippen LogP contribution in [0.25, 0.3) is 0 Å². The number of hydrogen-bond acceptors (Lipinski definition) is 3. The number of aliphatic carboxylic acids is 1. The van der Waals surface area contributed by atoms with Gasteiger partial charge in [-0.2, -0.15) is 0 Å². The van der Waals surface area contributed by atoms with Crippen molar-refractivity contribution in [2.45, 2.75) is 40.0 Å². The zero-order valence-electron chi connectivity index (χ0n) is 8.50. The smallest absolute Gasteiger partial charge is 0.305 e. The lowest BCUT2D eigenvalue weighted by Gasteiger charge is -1.97. The number of hydrogen-bond donors (Lipinski definition) is 1. The third-order valence-corrected chi connectivity index (χ3v) is 1.06. The van der Waals surface area contributed by atoms with Gasteiger partial charge in [-0.15, -0.1) is 0 Å². The van der Waals surface area contributed by atoms with Gasteiger partial charge in [-0.1, -0.05) is 20.8 Å². The first-order valence-corrected chi connectivity index (χ1v) is 4.45. The lowest BCUT2D eigenvalue weighted by molar-refractivity contribution is -0.143. The summed E-state index contributed by atoms with van der Waals surface area (Å²) in [6, 6.07) is 0. The standard InChI is InChI=1S/C6H12O2.C3H6O2/c1-3-5-8-6(7)4-2;1-2-3(4)5/h3-5H2,1-2H3;2H2,1H3,(H,4,5). The van der Waals surface area contributed by atoms with Crippen molar-refractivity contribution in [3.8, 4) is 0 Å². The van der Waals surface area contributed by atoms with E-state index >= 15 is 0 Å². The highest BCUT2D eigenvalue weighted by atomic mass is 16.5. The maximum absolute atomic E-state index is 10.3. The molecule has 0 rings (SSSR count). The summed E-state index contributed by atoms with van der Waals surface area (Å²) in [4.78, 5) is 19.7. The predicted octanol–water partition coefficient (Wildman–Crippen LogP) is 1.83. The van der Waals surface area contributed by atoms with E-state index in [0.29, 0.717) is 13.0 Å². The molecule has 0 amide bonds. The summed E-state index contributed by atoms with van der Waals surface area (Å²) >= 11 is 0. The Morgan fingerprint density at radius 1 is 1.15 bits per heavy atom. The second-order valence-corrected chi connectivity index (χ2v) is 2.32. The highest BCUT2D eigenvalue weighted by Gasteiger charge is 1.93. The summed E-state index contributed by atoms with van der Waals surface area (Å²) in [5, 5.41) is 7.72. The molecule has 0 bridgehead atoms. The number of carbonyl (C=O) groups excluding carboxylic acids is 1. The molecule has 0 spiro atoms. The minimum atomic E-state index is -0.745. The monoisotopic (exact) mass is 190 g/mol. The first kappa shape index (κ1) is 14.5. The fourth-order valence-corrected chi connectivity index (χ4v) is 0.318. The van der Waals surface area contributed by atoms with Crippen LogP contribution < -0.4 is 0 Å². The second kappa shape index (κ2) is 10.9. The van der Waals surface area contributed by atoms with E-state index in [0.717, 1.165) is 6.42 Å². The Balaban J connectivity index is 0. The maximum Gasteiger partial charge on any atom is 0.305 e. The van der Waals surface area contributed by atoms with E-state index in [1.54, 1.807) is 13.8 Å². The average Bonchev–Trinajstić information content (AvgIpc) is 2.15. The zero-order chi connectivity index (χ0) is 10.7. The summed E-state index contributed by atoms with van der Waals surface area (Å²) in [5.74, 6) is -0.850. The van der Waals surface area contributed by atoms with E-state index in [1.807, 2.05) is 6.92 Å². The summed E-state index contributed by atoms with van der Waals surface area (Å²) in [5.41, 5.74) is 0. The molecule has 0 aromatic rings. The van der Waals surface area contributed by atoms with Crippen LogP contribution in [0.3, 0.4) is 0 Å². The number of rotatable bonds is 4. The summed E-state index contributed by atoms with van der Waals surface area (Å²) in [6.07, 6.45) is 1.62. The second-order valence-electron chi connectivity index (χ2n) is 2.32. The summed E-state index contributed by atoms with van der Waals surface area (Å²) in [7, 11) is 0. The van der Waals surface area contributed by atoms with E-state index in [-0.39, 0.29) is 12.4 Å². The fraction of sp³-hybridized carbons (Fsp3) is 0.778. The Morgan fingerprint density at radius 2 is 1.62 bits per heavy atom. The molecule has 78 valence electrons. The van der Waals surface area contributed by atoms with Crippen molar-refractivity contribution in [3.05, 3.63) is 0 Å². The van der Waals surface area contributed by atoms with Crippen molar-refractivity contribution in [1.29, 1.82) is 0 Å². The van der Waals surface area contributed by atoms with Crippen LogP contribution in [0.2, 0.25) is 0 Å². The van der Waals surface area contributed by atoms with Crippen molar-refractivity contribution < 1.29 is 19.4 Å². The predicted molar refractivity (Wildman–Crippen MR) is 49.5 cm³/mol. The van der Waals surface area contributed by atoms with Crippen molar-refractivity contribution in [1.82, 2.24) is 0 Å². The molecule has 0 aliphatic heterocycles. The molecule has 0 fully saturated rings. The van der Waals surface area contributed by atoms with Gasteiger partial charge in [-0.3, -0.25) is 9.59 Å². The molecule has 0 heterocycles. The third kappa shape index (κ3) is 18.2. The van der Waals surface area contributed by atoms with Gasteiger partial charge in [0.1, 0.15) is 0 Å². The molecule has 0 atom stereocenters. The van der Waals surface area contributed by atoms with Crippen LogP contribution in [-0.4, -0.2) is 23.7 Å². The van der Waals surface area contributed by atoms with Crippen LogP contribution in [0.1, 0.15) is 40.0 Å². The largest absolute Gasteiger partial charge is 0.481 e. The van der Waals surface area contributed by atoms with Crippen LogP contribution >= 0.6 is 0 Å². The number of carboxylic acids is 1. The van der Waals surface area contributed by atoms with Gasteiger partial charge in [-0.05, 0) is 6.42 Å². The van der Waals surface area contributed by atoms with Gasteiger partial charge >= 0.3 is 11.9 Å². The minimum absolute atomic E-state index is 0.105. The maximum atomic E-state index is 10.3. The normalized spacial score (nSPS) is 8.23. The van der Waals surface area contributed by atoms with Crippen LogP contribution in [0.15, 0.2) is 0 Å². The topological polar surface area (TPSA) is 63.6 Å². The third-order valence-electron chi connectivity index (χ3n) is 1.06. The van der Waals surface area contributed by atoms with Crippen molar-refractivity contribution >= 4 is 11.9 Å². The first-order valence-electron chi connectivity index (χ1n) is 4.45. The Kier molecular flexibility index (Phi) is 12.2. The molecule has 0 aromatic carbocycles. The van der Waals surface area contributed by atoms with E-state index in [2.05, 4.69) is 0 Å². The molecule has 0 radical (unpaired) electrons. The number of carbonyl (C=O) groups is 2. The molecular weight excluding hydrogens is 172 g/mol. The van der Waals surface area contributed by atoms with Gasteiger partial charge in [0.25, 0.3) is 0 Å². The van der Waals surface area contributed by atoms with Crippen molar-refractivity contribution in [2.75, 3.05) is 6.61 Å². The molecule has 4 nitrogen and oxygen atoms in total. The Morgan fingerprint density at radius 3 is 1.85 bits per heavy atom. The quantitative estimate of drug-likeness (QED) is 0.687. The van der Waals surface area contributed by atoms with Gasteiger partial charge in [0, 0.05) is 12.8 Å². The Bertz CT molecular complexity index is 143. The van der Waals surface area contributed by atoms with Gasteiger partial charge in [0.05, 0.1) is 6.61 Å². The van der Waals surface area contributed by atoms with Crippen molar-refractivity contribution in [3.63, 3.8) is 0 Å². The fourth-order valence-electron chi connectivity index (χ4n) is 0.318. The molecule has 0 aliphatic carbocycles. The number of esters is 1. The van der Waals surface area contributed by atoms with Crippen LogP contribution in [0, 0.1) is 0 Å². The van der Waals surface area contributed by atoms with Gasteiger partial charge in [0.15, 0.2) is 0 Å². The highest BCUT2D eigenvalue weighted by Crippen LogP contribution is 1.85. The molecule has 4 heteroatoms. The molecule has 13 heavy (non-hydrogen) atoms. The molecular formula is C9H18O4. The van der Waals surface area contributed by atoms with Crippen LogP contribution in [-0.2, 0) is 14.3 Å². The van der Waals surface area contributed by atoms with E-state index in [1.165, 1.54) is 0 Å². The molecule has 0 saturated heterocycles. The van der Waals surface area contributed by atoms with Crippen molar-refractivity contribution in [2.24, 2.45) is 0 Å². The van der Waals surface area contributed by atoms with Gasteiger partial charge < -0.3 is 9.84 Å². The van der Waals surface area contributed by atoms with Gasteiger partial charge in [-0.25, -0.2) is 0 Å². The highest BCUT2D eigenvalue weighted by molar-refractivity contribution is 5.68. The molecule has 0 aliphatic rings. The van der Waals surface area contributed by atoms with E-state index < -0.39 is 5.97 Å². The molecule has 0 unspecified atom stereocenters. The minimum Gasteiger partial charge on any atom is -0.481 e.